The van der Waals surface area contributed by atoms with Gasteiger partial charge in [0.1, 0.15) is 0 Å². The van der Waals surface area contributed by atoms with Crippen molar-refractivity contribution in [2.45, 2.75) is 13.0 Å². The Morgan fingerprint density at radius 3 is 2.50 bits per heavy atom. The summed E-state index contributed by atoms with van der Waals surface area (Å²) in [5, 5.41) is 2.99. The van der Waals surface area contributed by atoms with Crippen LogP contribution >= 0.6 is 11.6 Å². The van der Waals surface area contributed by atoms with Crippen molar-refractivity contribution in [3.8, 4) is 0 Å². The van der Waals surface area contributed by atoms with Gasteiger partial charge in [-0.25, -0.2) is 10.4 Å². The lowest BCUT2D eigenvalue weighted by molar-refractivity contribution is 0.00484. The van der Waals surface area contributed by atoms with Gasteiger partial charge in [0.25, 0.3) is 0 Å². The van der Waals surface area contributed by atoms with Gasteiger partial charge in [-0.05, 0) is 24.6 Å². The summed E-state index contributed by atoms with van der Waals surface area (Å²) in [5.74, 6) is 0. The van der Waals surface area contributed by atoms with Crippen molar-refractivity contribution < 1.29 is 4.74 Å². The maximum Gasteiger partial charge on any atom is 0.0608 e. The molecule has 0 spiro atoms. The number of ether oxygens (including phenoxy) is 1. The Hall–Kier alpha value is -0.610. The number of rotatable bonds is 3. The topological polar surface area (TPSA) is 24.5 Å². The lowest BCUT2D eigenvalue weighted by atomic mass is 10.1. The third-order valence-corrected chi connectivity index (χ3v) is 3.01. The summed E-state index contributed by atoms with van der Waals surface area (Å²) in [6.45, 7) is 5.65. The third-order valence-electron chi connectivity index (χ3n) is 2.76. The van der Waals surface area contributed by atoms with Gasteiger partial charge < -0.3 is 4.74 Å². The first kappa shape index (κ1) is 11.9. The molecule has 0 saturated carbocycles. The van der Waals surface area contributed by atoms with Crippen molar-refractivity contribution in [3.63, 3.8) is 0 Å². The van der Waals surface area contributed by atoms with Gasteiger partial charge in [-0.3, -0.25) is 0 Å². The van der Waals surface area contributed by atoms with Crippen molar-refractivity contribution >= 4 is 11.6 Å². The predicted molar refractivity (Wildman–Crippen MR) is 65.4 cm³/mol. The van der Waals surface area contributed by atoms with Crippen molar-refractivity contribution in [1.29, 1.82) is 0 Å². The average Bonchev–Trinajstić information content (AvgIpc) is 2.31. The molecule has 1 fully saturated rings. The van der Waals surface area contributed by atoms with Crippen LogP contribution in [0.1, 0.15) is 18.5 Å². The SMILES string of the molecule is CC(NN1CCOCC1)c1ccc(Cl)cc1. The Bertz CT molecular complexity index is 322. The van der Waals surface area contributed by atoms with E-state index >= 15 is 0 Å². The van der Waals surface area contributed by atoms with Crippen LogP contribution in [0.5, 0.6) is 0 Å². The molecule has 1 unspecified atom stereocenters. The smallest absolute Gasteiger partial charge is 0.0608 e. The number of nitrogens with one attached hydrogen (secondary N) is 1. The van der Waals surface area contributed by atoms with E-state index in [-0.39, 0.29) is 0 Å². The summed E-state index contributed by atoms with van der Waals surface area (Å²) >= 11 is 5.86. The third kappa shape index (κ3) is 3.19. The molecule has 0 amide bonds. The molecule has 1 aromatic carbocycles. The largest absolute Gasteiger partial charge is 0.379 e. The number of nitrogens with zero attached hydrogens (tertiary/aromatic N) is 1. The lowest BCUT2D eigenvalue weighted by Gasteiger charge is -2.30. The van der Waals surface area contributed by atoms with Gasteiger partial charge in [0.15, 0.2) is 0 Å². The maximum atomic E-state index is 5.86. The molecule has 1 aliphatic rings. The summed E-state index contributed by atoms with van der Waals surface area (Å²) < 4.78 is 5.30. The predicted octanol–water partition coefficient (Wildman–Crippen LogP) is 2.24. The monoisotopic (exact) mass is 240 g/mol. The maximum absolute atomic E-state index is 5.86. The van der Waals surface area contributed by atoms with Gasteiger partial charge >= 0.3 is 0 Å². The van der Waals surface area contributed by atoms with E-state index in [1.807, 2.05) is 12.1 Å². The molecule has 4 heteroatoms. The zero-order valence-corrected chi connectivity index (χ0v) is 10.2. The van der Waals surface area contributed by atoms with Crippen LogP contribution in [-0.4, -0.2) is 31.3 Å². The number of hydrazine groups is 1. The molecule has 1 N–H and O–H groups in total. The second-order valence-electron chi connectivity index (χ2n) is 4.00. The minimum atomic E-state index is 0.301. The first-order chi connectivity index (χ1) is 7.75. The molecular weight excluding hydrogens is 224 g/mol. The number of benzene rings is 1. The minimum absolute atomic E-state index is 0.301. The van der Waals surface area contributed by atoms with Gasteiger partial charge in [-0.2, -0.15) is 0 Å². The molecule has 16 heavy (non-hydrogen) atoms. The van der Waals surface area contributed by atoms with Crippen LogP contribution in [0, 0.1) is 0 Å². The molecule has 1 saturated heterocycles. The van der Waals surface area contributed by atoms with E-state index < -0.39 is 0 Å². The molecular formula is C12H17ClN2O. The highest BCUT2D eigenvalue weighted by atomic mass is 35.5. The minimum Gasteiger partial charge on any atom is -0.379 e. The number of hydrogen-bond donors (Lipinski definition) is 1. The van der Waals surface area contributed by atoms with E-state index in [1.54, 1.807) is 0 Å². The second kappa shape index (κ2) is 5.64. The number of morpholine rings is 1. The average molecular weight is 241 g/mol. The fraction of sp³-hybridized carbons (Fsp3) is 0.500. The van der Waals surface area contributed by atoms with Crippen LogP contribution in [0.4, 0.5) is 0 Å². The Morgan fingerprint density at radius 1 is 1.25 bits per heavy atom. The zero-order chi connectivity index (χ0) is 11.4. The molecule has 1 aliphatic heterocycles. The summed E-state index contributed by atoms with van der Waals surface area (Å²) in [6.07, 6.45) is 0. The van der Waals surface area contributed by atoms with Crippen LogP contribution in [0.15, 0.2) is 24.3 Å². The van der Waals surface area contributed by atoms with Crippen molar-refractivity contribution in [2.75, 3.05) is 26.3 Å². The van der Waals surface area contributed by atoms with E-state index in [0.717, 1.165) is 31.3 Å². The summed E-state index contributed by atoms with van der Waals surface area (Å²) in [6, 6.07) is 8.26. The molecule has 3 nitrogen and oxygen atoms in total. The highest BCUT2D eigenvalue weighted by Gasteiger charge is 2.13. The molecule has 0 aromatic heterocycles. The fourth-order valence-corrected chi connectivity index (χ4v) is 1.92. The fourth-order valence-electron chi connectivity index (χ4n) is 1.79. The van der Waals surface area contributed by atoms with E-state index in [4.69, 9.17) is 16.3 Å². The van der Waals surface area contributed by atoms with Crippen LogP contribution in [-0.2, 0) is 4.74 Å². The van der Waals surface area contributed by atoms with E-state index in [9.17, 15) is 0 Å². The van der Waals surface area contributed by atoms with Crippen LogP contribution < -0.4 is 5.43 Å². The van der Waals surface area contributed by atoms with Gasteiger partial charge in [-0.1, -0.05) is 23.7 Å². The molecule has 0 radical (unpaired) electrons. The van der Waals surface area contributed by atoms with E-state index in [0.29, 0.717) is 6.04 Å². The molecule has 1 atom stereocenters. The van der Waals surface area contributed by atoms with Crippen LogP contribution in [0.2, 0.25) is 5.02 Å². The number of halogens is 1. The molecule has 1 heterocycles. The molecule has 88 valence electrons. The van der Waals surface area contributed by atoms with Crippen molar-refractivity contribution in [2.24, 2.45) is 0 Å². The van der Waals surface area contributed by atoms with Gasteiger partial charge in [0.2, 0.25) is 0 Å². The van der Waals surface area contributed by atoms with Crippen LogP contribution in [0.25, 0.3) is 0 Å². The van der Waals surface area contributed by atoms with Gasteiger partial charge in [0, 0.05) is 24.2 Å². The summed E-state index contributed by atoms with van der Waals surface area (Å²) in [5.41, 5.74) is 4.71. The Morgan fingerprint density at radius 2 is 1.88 bits per heavy atom. The second-order valence-corrected chi connectivity index (χ2v) is 4.44. The lowest BCUT2D eigenvalue weighted by Crippen LogP contribution is -2.46. The van der Waals surface area contributed by atoms with Crippen LogP contribution in [0.3, 0.4) is 0 Å². The standard InChI is InChI=1S/C12H17ClN2O/c1-10(11-2-4-12(13)5-3-11)14-15-6-8-16-9-7-15/h2-5,10,14H,6-9H2,1H3. The van der Waals surface area contributed by atoms with E-state index in [2.05, 4.69) is 29.5 Å². The number of hydrogen-bond acceptors (Lipinski definition) is 3. The first-order valence-corrected chi connectivity index (χ1v) is 5.98. The molecule has 2 rings (SSSR count). The Kier molecular flexibility index (Phi) is 4.18. The van der Waals surface area contributed by atoms with Crippen molar-refractivity contribution in [3.05, 3.63) is 34.9 Å². The Balaban J connectivity index is 1.91. The first-order valence-electron chi connectivity index (χ1n) is 5.60. The normalized spacial score (nSPS) is 19.6. The quantitative estimate of drug-likeness (QED) is 0.877. The molecule has 0 bridgehead atoms. The Labute approximate surface area is 101 Å². The van der Waals surface area contributed by atoms with E-state index in [1.165, 1.54) is 5.56 Å². The summed E-state index contributed by atoms with van der Waals surface area (Å²) in [4.78, 5) is 0. The highest BCUT2D eigenvalue weighted by Crippen LogP contribution is 2.16. The zero-order valence-electron chi connectivity index (χ0n) is 9.45. The molecule has 1 aromatic rings. The van der Waals surface area contributed by atoms with Gasteiger partial charge in [0.05, 0.1) is 13.2 Å². The van der Waals surface area contributed by atoms with Gasteiger partial charge in [-0.15, -0.1) is 0 Å². The molecule has 0 aliphatic carbocycles. The highest BCUT2D eigenvalue weighted by molar-refractivity contribution is 6.30. The summed E-state index contributed by atoms with van der Waals surface area (Å²) in [7, 11) is 0. The van der Waals surface area contributed by atoms with Crippen molar-refractivity contribution in [1.82, 2.24) is 10.4 Å².